The van der Waals surface area contributed by atoms with E-state index in [2.05, 4.69) is 27.7 Å². The van der Waals surface area contributed by atoms with Crippen LogP contribution in [0.1, 0.15) is 18.1 Å². The zero-order valence-corrected chi connectivity index (χ0v) is 11.7. The van der Waals surface area contributed by atoms with Crippen LogP contribution in [0.15, 0.2) is 24.3 Å². The van der Waals surface area contributed by atoms with Gasteiger partial charge < -0.3 is 15.5 Å². The fourth-order valence-corrected chi connectivity index (χ4v) is 1.69. The minimum Gasteiger partial charge on any atom is -0.351 e. The van der Waals surface area contributed by atoms with Gasteiger partial charge in [0.2, 0.25) is 5.91 Å². The van der Waals surface area contributed by atoms with Gasteiger partial charge in [-0.3, -0.25) is 4.79 Å². The maximum Gasteiger partial charge on any atom is 0.237 e. The van der Waals surface area contributed by atoms with Gasteiger partial charge in [0.1, 0.15) is 0 Å². The van der Waals surface area contributed by atoms with Crippen LogP contribution in [0, 0.1) is 0 Å². The Hall–Kier alpha value is -1.39. The molecule has 0 saturated heterocycles. The van der Waals surface area contributed by atoms with Gasteiger partial charge in [-0.1, -0.05) is 24.3 Å². The van der Waals surface area contributed by atoms with Crippen molar-refractivity contribution in [2.24, 2.45) is 0 Å². The second-order valence-corrected chi connectivity index (χ2v) is 4.73. The third-order valence-corrected chi connectivity index (χ3v) is 2.88. The van der Waals surface area contributed by atoms with Crippen molar-refractivity contribution < 1.29 is 4.79 Å². The van der Waals surface area contributed by atoms with Crippen molar-refractivity contribution in [2.45, 2.75) is 26.1 Å². The lowest BCUT2D eigenvalue weighted by Crippen LogP contribution is -2.40. The maximum atomic E-state index is 11.7. The first kappa shape index (κ1) is 14.7. The lowest BCUT2D eigenvalue weighted by molar-refractivity contribution is -0.122. The summed E-state index contributed by atoms with van der Waals surface area (Å²) in [7, 11) is 5.86. The molecule has 0 aliphatic carbocycles. The van der Waals surface area contributed by atoms with Crippen molar-refractivity contribution in [1.82, 2.24) is 15.5 Å². The molecule has 1 amide bonds. The van der Waals surface area contributed by atoms with Crippen molar-refractivity contribution in [3.05, 3.63) is 35.4 Å². The predicted molar refractivity (Wildman–Crippen MR) is 74.2 cm³/mol. The van der Waals surface area contributed by atoms with E-state index in [0.29, 0.717) is 6.54 Å². The van der Waals surface area contributed by atoms with Crippen LogP contribution in [0.25, 0.3) is 0 Å². The smallest absolute Gasteiger partial charge is 0.237 e. The molecular weight excluding hydrogens is 226 g/mol. The van der Waals surface area contributed by atoms with Gasteiger partial charge in [-0.05, 0) is 39.2 Å². The minimum absolute atomic E-state index is 0.0251. The fraction of sp³-hybridized carbons (Fsp3) is 0.500. The molecule has 1 rings (SSSR count). The molecule has 18 heavy (non-hydrogen) atoms. The van der Waals surface area contributed by atoms with Gasteiger partial charge in [0.25, 0.3) is 0 Å². The van der Waals surface area contributed by atoms with Gasteiger partial charge in [0, 0.05) is 13.1 Å². The molecule has 1 aromatic carbocycles. The summed E-state index contributed by atoms with van der Waals surface area (Å²) in [4.78, 5) is 13.8. The third kappa shape index (κ3) is 4.47. The van der Waals surface area contributed by atoms with Crippen molar-refractivity contribution in [2.75, 3.05) is 21.1 Å². The van der Waals surface area contributed by atoms with E-state index in [9.17, 15) is 4.79 Å². The zero-order chi connectivity index (χ0) is 13.5. The summed E-state index contributed by atoms with van der Waals surface area (Å²) < 4.78 is 0. The molecule has 0 fully saturated rings. The van der Waals surface area contributed by atoms with Crippen LogP contribution in [0.2, 0.25) is 0 Å². The highest BCUT2D eigenvalue weighted by molar-refractivity contribution is 5.81. The topological polar surface area (TPSA) is 44.4 Å². The SMILES string of the molecule is CNC(C)C(=O)NCc1ccccc1CN(C)C. The van der Waals surface area contributed by atoms with Crippen LogP contribution in [0.5, 0.6) is 0 Å². The molecule has 0 aromatic heterocycles. The van der Waals surface area contributed by atoms with Crippen molar-refractivity contribution in [3.8, 4) is 0 Å². The van der Waals surface area contributed by atoms with Gasteiger partial charge in [-0.25, -0.2) is 0 Å². The Bertz CT molecular complexity index is 390. The van der Waals surface area contributed by atoms with Gasteiger partial charge in [-0.2, -0.15) is 0 Å². The number of carbonyl (C=O) groups is 1. The highest BCUT2D eigenvalue weighted by atomic mass is 16.2. The zero-order valence-electron chi connectivity index (χ0n) is 11.7. The van der Waals surface area contributed by atoms with E-state index < -0.39 is 0 Å². The second kappa shape index (κ2) is 7.13. The Balaban J connectivity index is 2.64. The number of rotatable bonds is 6. The highest BCUT2D eigenvalue weighted by Crippen LogP contribution is 2.10. The number of benzene rings is 1. The normalized spacial score (nSPS) is 12.5. The molecule has 4 nitrogen and oxygen atoms in total. The van der Waals surface area contributed by atoms with Gasteiger partial charge in [0.15, 0.2) is 0 Å². The minimum atomic E-state index is -0.161. The quantitative estimate of drug-likeness (QED) is 0.789. The van der Waals surface area contributed by atoms with Crippen LogP contribution >= 0.6 is 0 Å². The van der Waals surface area contributed by atoms with Crippen molar-refractivity contribution in [3.63, 3.8) is 0 Å². The number of nitrogens with one attached hydrogen (secondary N) is 2. The van der Waals surface area contributed by atoms with Gasteiger partial charge >= 0.3 is 0 Å². The van der Waals surface area contributed by atoms with Crippen LogP contribution in [-0.2, 0) is 17.9 Å². The number of amides is 1. The molecule has 100 valence electrons. The molecule has 0 saturated carbocycles. The summed E-state index contributed by atoms with van der Waals surface area (Å²) in [5.41, 5.74) is 2.42. The van der Waals surface area contributed by atoms with E-state index in [1.165, 1.54) is 11.1 Å². The molecule has 0 bridgehead atoms. The lowest BCUT2D eigenvalue weighted by atomic mass is 10.1. The molecule has 0 aliphatic heterocycles. The van der Waals surface area contributed by atoms with Gasteiger partial charge in [0.05, 0.1) is 6.04 Å². The molecule has 0 radical (unpaired) electrons. The molecular formula is C14H23N3O. The molecule has 0 heterocycles. The van der Waals surface area contributed by atoms with Crippen LogP contribution < -0.4 is 10.6 Å². The molecule has 0 spiro atoms. The predicted octanol–water partition coefficient (Wildman–Crippen LogP) is 0.972. The van der Waals surface area contributed by atoms with Crippen LogP contribution in [0.3, 0.4) is 0 Å². The first-order valence-corrected chi connectivity index (χ1v) is 6.21. The number of likely N-dealkylation sites (N-methyl/N-ethyl adjacent to an activating group) is 1. The van der Waals surface area contributed by atoms with Gasteiger partial charge in [-0.15, -0.1) is 0 Å². The van der Waals surface area contributed by atoms with E-state index in [1.54, 1.807) is 7.05 Å². The first-order valence-electron chi connectivity index (χ1n) is 6.21. The molecule has 2 N–H and O–H groups in total. The molecule has 4 heteroatoms. The van der Waals surface area contributed by atoms with E-state index in [-0.39, 0.29) is 11.9 Å². The summed E-state index contributed by atoms with van der Waals surface area (Å²) in [6.07, 6.45) is 0. The third-order valence-electron chi connectivity index (χ3n) is 2.88. The monoisotopic (exact) mass is 249 g/mol. The average Bonchev–Trinajstić information content (AvgIpc) is 2.35. The summed E-state index contributed by atoms with van der Waals surface area (Å²) in [6, 6.07) is 8.03. The average molecular weight is 249 g/mol. The second-order valence-electron chi connectivity index (χ2n) is 4.73. The van der Waals surface area contributed by atoms with E-state index in [0.717, 1.165) is 6.54 Å². The Morgan fingerprint density at radius 3 is 2.44 bits per heavy atom. The maximum absolute atomic E-state index is 11.7. The van der Waals surface area contributed by atoms with E-state index in [4.69, 9.17) is 0 Å². The standard InChI is InChI=1S/C14H23N3O/c1-11(15-2)14(18)16-9-12-7-5-6-8-13(12)10-17(3)4/h5-8,11,15H,9-10H2,1-4H3,(H,16,18). The molecule has 1 aromatic rings. The Labute approximate surface area is 109 Å². The van der Waals surface area contributed by atoms with E-state index >= 15 is 0 Å². The summed E-state index contributed by atoms with van der Waals surface area (Å²) in [5, 5.41) is 5.87. The summed E-state index contributed by atoms with van der Waals surface area (Å²) >= 11 is 0. The Morgan fingerprint density at radius 2 is 1.89 bits per heavy atom. The number of nitrogens with zero attached hydrogens (tertiary/aromatic N) is 1. The van der Waals surface area contributed by atoms with Crippen molar-refractivity contribution >= 4 is 5.91 Å². The summed E-state index contributed by atoms with van der Waals surface area (Å²) in [6.45, 7) is 3.31. The molecule has 1 unspecified atom stereocenters. The number of hydrogen-bond acceptors (Lipinski definition) is 3. The van der Waals surface area contributed by atoms with E-state index in [1.807, 2.05) is 33.2 Å². The highest BCUT2D eigenvalue weighted by Gasteiger charge is 2.10. The summed E-state index contributed by atoms with van der Waals surface area (Å²) in [5.74, 6) is 0.0251. The van der Waals surface area contributed by atoms with Crippen LogP contribution in [-0.4, -0.2) is 38.0 Å². The number of carbonyl (C=O) groups excluding carboxylic acids is 1. The lowest BCUT2D eigenvalue weighted by Gasteiger charge is -2.16. The first-order chi connectivity index (χ1) is 8.54. The fourth-order valence-electron chi connectivity index (χ4n) is 1.69. The van der Waals surface area contributed by atoms with Crippen LogP contribution in [0.4, 0.5) is 0 Å². The molecule has 1 atom stereocenters. The van der Waals surface area contributed by atoms with Crippen molar-refractivity contribution in [1.29, 1.82) is 0 Å². The molecule has 0 aliphatic rings. The Kier molecular flexibility index (Phi) is 5.82. The largest absolute Gasteiger partial charge is 0.351 e. The number of hydrogen-bond donors (Lipinski definition) is 2. The Morgan fingerprint density at radius 1 is 1.28 bits per heavy atom.